The van der Waals surface area contributed by atoms with Gasteiger partial charge in [-0.25, -0.2) is 50.3 Å². The van der Waals surface area contributed by atoms with Crippen molar-refractivity contribution in [3.05, 3.63) is 87.8 Å². The van der Waals surface area contributed by atoms with Gasteiger partial charge in [0, 0.05) is 48.7 Å². The Morgan fingerprint density at radius 1 is 0.505 bits per heavy atom. The number of aryl methyl sites for hydroxylation is 1. The summed E-state index contributed by atoms with van der Waals surface area (Å²) in [7, 11) is 1.69. The van der Waals surface area contributed by atoms with Gasteiger partial charge < -0.3 is 9.15 Å². The van der Waals surface area contributed by atoms with Crippen molar-refractivity contribution < 1.29 is 35.5 Å². The molecule has 0 spiro atoms. The molecule has 5 aliphatic carbocycles. The smallest absolute Gasteiger partial charge is 0.263 e. The molecule has 0 aromatic carbocycles. The highest BCUT2D eigenvalue weighted by Gasteiger charge is 2.56. The van der Waals surface area contributed by atoms with E-state index in [1.807, 2.05) is 77.1 Å². The number of ether oxygens (including phenoxy) is 1. The van der Waals surface area contributed by atoms with Crippen molar-refractivity contribution in [2.45, 2.75) is 318 Å². The van der Waals surface area contributed by atoms with E-state index in [4.69, 9.17) is 9.15 Å². The van der Waals surface area contributed by atoms with Crippen LogP contribution >= 0.6 is 0 Å². The van der Waals surface area contributed by atoms with Crippen LogP contribution < -0.4 is 4.74 Å². The van der Waals surface area contributed by atoms with Gasteiger partial charge in [-0.15, -0.1) is 45.9 Å². The number of aromatic nitrogens is 23. The van der Waals surface area contributed by atoms with Crippen molar-refractivity contribution in [3.8, 4) is 5.88 Å². The summed E-state index contributed by atoms with van der Waals surface area (Å²) in [5.74, 6) is 2.51. The van der Waals surface area contributed by atoms with Crippen molar-refractivity contribution in [2.24, 2.45) is 0 Å². The molecule has 99 heavy (non-hydrogen) atoms. The Labute approximate surface area is 580 Å². The molecular weight excluding hydrogens is 1280 g/mol. The molecule has 0 N–H and O–H groups in total. The third-order valence-corrected chi connectivity index (χ3v) is 18.5. The van der Waals surface area contributed by atoms with Crippen LogP contribution in [0.2, 0.25) is 0 Å². The maximum Gasteiger partial charge on any atom is 0.263 e. The zero-order chi connectivity index (χ0) is 72.8. The van der Waals surface area contributed by atoms with Crippen molar-refractivity contribution in [1.82, 2.24) is 115 Å². The molecular formula is C68H111F6N23O2. The highest BCUT2D eigenvalue weighted by Crippen LogP contribution is 2.50. The molecule has 0 saturated heterocycles. The fraction of sp³-hybridized carbons (Fsp3) is 0.765. The average Bonchev–Trinajstić information content (AvgIpc) is 1.61. The molecule has 8 aromatic heterocycles. The number of hydrogen-bond donors (Lipinski definition) is 0. The lowest BCUT2D eigenvalue weighted by Gasteiger charge is -2.17. The van der Waals surface area contributed by atoms with E-state index in [1.54, 1.807) is 50.4 Å². The molecule has 13 rings (SSSR count). The number of alkyl halides is 4. The summed E-state index contributed by atoms with van der Waals surface area (Å²) in [6.07, 6.45) is 13.1. The van der Waals surface area contributed by atoms with Gasteiger partial charge in [-0.2, -0.15) is 8.78 Å². The third kappa shape index (κ3) is 18.9. The van der Waals surface area contributed by atoms with Crippen LogP contribution in [0, 0.1) is 25.7 Å². The van der Waals surface area contributed by atoms with Gasteiger partial charge in [-0.05, 0) is 123 Å². The summed E-state index contributed by atoms with van der Waals surface area (Å²) in [4.78, 5) is 0. The molecule has 5 fully saturated rings. The molecule has 0 bridgehead atoms. The van der Waals surface area contributed by atoms with Crippen molar-refractivity contribution in [3.63, 3.8) is 0 Å². The van der Waals surface area contributed by atoms with E-state index in [9.17, 15) is 26.3 Å². The maximum atomic E-state index is 13.7. The Morgan fingerprint density at radius 3 is 1.31 bits per heavy atom. The summed E-state index contributed by atoms with van der Waals surface area (Å²) < 4.78 is 99.6. The van der Waals surface area contributed by atoms with E-state index in [1.165, 1.54) is 36.1 Å². The Morgan fingerprint density at radius 2 is 0.939 bits per heavy atom. The number of hydrogen-bond acceptors (Lipinski definition) is 18. The largest absolute Gasteiger partial charge is 0.480 e. The monoisotopic (exact) mass is 1400 g/mol. The second-order valence-corrected chi connectivity index (χ2v) is 30.5. The first kappa shape index (κ1) is 80.5. The highest BCUT2D eigenvalue weighted by molar-refractivity contribution is 5.24. The zero-order valence-corrected chi connectivity index (χ0v) is 62.0. The van der Waals surface area contributed by atoms with Gasteiger partial charge in [0.05, 0.1) is 64.3 Å². The van der Waals surface area contributed by atoms with Crippen LogP contribution in [0.3, 0.4) is 0 Å². The lowest BCUT2D eigenvalue weighted by Crippen LogP contribution is -2.28. The molecule has 5 aliphatic rings. The van der Waals surface area contributed by atoms with Gasteiger partial charge in [-0.1, -0.05) is 155 Å². The van der Waals surface area contributed by atoms with Crippen LogP contribution in [0.4, 0.5) is 26.3 Å². The number of rotatable bonds is 19. The van der Waals surface area contributed by atoms with Gasteiger partial charge in [0.2, 0.25) is 29.6 Å². The van der Waals surface area contributed by atoms with Crippen LogP contribution in [0.5, 0.6) is 5.88 Å². The van der Waals surface area contributed by atoms with Crippen LogP contribution in [0.1, 0.15) is 321 Å². The van der Waals surface area contributed by atoms with Crippen LogP contribution in [0.25, 0.3) is 0 Å². The quantitative estimate of drug-likeness (QED) is 0.0681. The van der Waals surface area contributed by atoms with E-state index < -0.39 is 24.6 Å². The van der Waals surface area contributed by atoms with E-state index in [-0.39, 0.29) is 90.1 Å². The summed E-state index contributed by atoms with van der Waals surface area (Å²) in [5, 5.41) is 63.8. The van der Waals surface area contributed by atoms with Gasteiger partial charge in [0.15, 0.2) is 0 Å². The summed E-state index contributed by atoms with van der Waals surface area (Å²) in [5.41, 5.74) is 5.56. The average molecular weight is 1400 g/mol. The molecule has 1 unspecified atom stereocenters. The zero-order valence-electron chi connectivity index (χ0n) is 62.0. The van der Waals surface area contributed by atoms with E-state index >= 15 is 0 Å². The number of methoxy groups -OCH3 is 1. The predicted octanol–water partition coefficient (Wildman–Crippen LogP) is 15.2. The minimum Gasteiger partial charge on any atom is -0.480 e. The van der Waals surface area contributed by atoms with Crippen molar-refractivity contribution in [2.75, 3.05) is 20.5 Å². The molecule has 0 aliphatic heterocycles. The van der Waals surface area contributed by atoms with Gasteiger partial charge >= 0.3 is 0 Å². The predicted molar refractivity (Wildman–Crippen MR) is 365 cm³/mol. The third-order valence-electron chi connectivity index (χ3n) is 18.5. The fourth-order valence-electron chi connectivity index (χ4n) is 10.3. The minimum absolute atomic E-state index is 0. The molecule has 25 nitrogen and oxygen atoms in total. The molecule has 0 amide bonds. The Balaban J connectivity index is 0.000000182. The molecule has 552 valence electrons. The topological polar surface area (TPSA) is 263 Å². The molecule has 5 saturated carbocycles. The highest BCUT2D eigenvalue weighted by atomic mass is 19.3. The molecule has 31 heteroatoms. The van der Waals surface area contributed by atoms with Crippen molar-refractivity contribution in [1.29, 1.82) is 0 Å². The van der Waals surface area contributed by atoms with Gasteiger partial charge in [0.25, 0.3) is 6.43 Å². The molecule has 8 heterocycles. The summed E-state index contributed by atoms with van der Waals surface area (Å²) in [6.45, 7) is 43.8. The molecule has 0 radical (unpaired) electrons. The van der Waals surface area contributed by atoms with Crippen LogP contribution in [0.15, 0.2) is 23.0 Å². The van der Waals surface area contributed by atoms with Crippen molar-refractivity contribution >= 4 is 0 Å². The first-order valence-electron chi connectivity index (χ1n) is 34.5. The molecule has 8 aromatic rings. The van der Waals surface area contributed by atoms with Crippen LogP contribution in [-0.2, 0) is 33.1 Å². The Hall–Kier alpha value is -7.50. The Kier molecular flexibility index (Phi) is 26.4. The van der Waals surface area contributed by atoms with E-state index in [0.717, 1.165) is 71.1 Å². The second kappa shape index (κ2) is 32.4. The summed E-state index contributed by atoms with van der Waals surface area (Å²) in [6, 6.07) is -0.356. The summed E-state index contributed by atoms with van der Waals surface area (Å²) >= 11 is 0. The SMILES string of the molecule is C.CC(C)c1cn([C@H](C)CF)nn1.CC(C)c1nnn(C2(C(F)F)CC2)c1F.CC(C)c1nnn(C2(C)CC2)c1F.CCC(CF)n1cc(C(C)C)nn1.COc1c(C(C)C)nnn1C1(C)CC1.Cc1c(C(C)(C)C)nnn1C1(C)CC1.Cc1nnc(C2(n3cc(C(C)C)nn3)CC2)o1. The lowest BCUT2D eigenvalue weighted by atomic mass is 9.91. The molecule has 2 atom stereocenters. The van der Waals surface area contributed by atoms with E-state index in [2.05, 4.69) is 156 Å². The maximum absolute atomic E-state index is 13.7. The van der Waals surface area contributed by atoms with Crippen LogP contribution in [-0.4, -0.2) is 142 Å². The number of halogens is 6. The lowest BCUT2D eigenvalue weighted by molar-refractivity contribution is 0.0523. The standard InChI is InChI=1S/C11H15N5O.C11H19N3.C10H17N3O.C9H12F3N3.C9H14FN3.C9H16FN3.C8H14FN3.CH4/c1-7(2)9-6-16(15-13-9)11(4-5-11)10-14-12-8(3)17-10;1-8-9(10(2,3)4)12-13-14(8)11(5)6-7-11;1-7(2)8-9(14-4)13(12-11-8)10(3)5-6-10;1-5(2)6-7(10)15(14-13-6)9(3-4-9)8(11)12;1-6(2)7-8(10)13(12-11-7)9(3)4-5-9;1-4-8(5-10)13-6-9(7(2)3)11-12-13;1-6(2)8-5-12(11-10-8)7(3)4-9;/h6-7H,4-5H2,1-3H3;6-7H2,1-5H3;7H,5-6H2,1-4H3;5,8H,3-4H2,1-2H3;6H,4-5H2,1-3H3;6-8H,4-5H2,1-3H3;5-7H,4H2,1-3H3;1H4/t;;;;;;7-;/m......1./s1. The van der Waals surface area contributed by atoms with Gasteiger partial charge in [-0.3, -0.25) is 0 Å². The minimum atomic E-state index is -2.59. The fourth-order valence-corrected chi connectivity index (χ4v) is 10.3. The second-order valence-electron chi connectivity index (χ2n) is 30.5. The van der Waals surface area contributed by atoms with Gasteiger partial charge in [0.1, 0.15) is 41.5 Å². The first-order chi connectivity index (χ1) is 45.9. The first-order valence-corrected chi connectivity index (χ1v) is 34.5. The Bertz CT molecular complexity index is 3750. The number of nitrogens with zero attached hydrogens (tertiary/aromatic N) is 23. The normalized spacial score (nSPS) is 17.3. The van der Waals surface area contributed by atoms with E-state index in [0.29, 0.717) is 41.1 Å².